The quantitative estimate of drug-likeness (QED) is 0.815. The number of nitrogens with zero attached hydrogens (tertiary/aromatic N) is 2. The smallest absolute Gasteiger partial charge is 0.246 e. The zero-order valence-electron chi connectivity index (χ0n) is 10.9. The Kier molecular flexibility index (Phi) is 4.57. The van der Waals surface area contributed by atoms with Crippen LogP contribution in [-0.2, 0) is 5.75 Å². The van der Waals surface area contributed by atoms with E-state index >= 15 is 0 Å². The Morgan fingerprint density at radius 2 is 2.05 bits per heavy atom. The Morgan fingerprint density at radius 1 is 1.37 bits per heavy atom. The van der Waals surface area contributed by atoms with E-state index in [0.717, 1.165) is 4.90 Å². The lowest BCUT2D eigenvalue weighted by atomic mass is 10.2. The van der Waals surface area contributed by atoms with Crippen molar-refractivity contribution in [2.75, 3.05) is 0 Å². The largest absolute Gasteiger partial charge is 0.391 e. The maximum Gasteiger partial charge on any atom is 0.246 e. The third-order valence-electron chi connectivity index (χ3n) is 2.68. The van der Waals surface area contributed by atoms with Gasteiger partial charge in [0.25, 0.3) is 0 Å². The molecule has 0 bridgehead atoms. The third-order valence-corrected chi connectivity index (χ3v) is 3.69. The van der Waals surface area contributed by atoms with Crippen LogP contribution in [0.1, 0.15) is 30.2 Å². The molecule has 2 rings (SSSR count). The summed E-state index contributed by atoms with van der Waals surface area (Å²) < 4.78 is 5.04. The van der Waals surface area contributed by atoms with Gasteiger partial charge in [0.2, 0.25) is 5.89 Å². The van der Waals surface area contributed by atoms with E-state index in [2.05, 4.69) is 41.3 Å². The van der Waals surface area contributed by atoms with Crippen molar-refractivity contribution in [2.45, 2.75) is 36.6 Å². The summed E-state index contributed by atoms with van der Waals surface area (Å²) in [4.78, 5) is 5.33. The Labute approximate surface area is 116 Å². The van der Waals surface area contributed by atoms with Gasteiger partial charge in [-0.05, 0) is 26.0 Å². The molecule has 19 heavy (non-hydrogen) atoms. The lowest BCUT2D eigenvalue weighted by molar-refractivity contribution is 0.146. The van der Waals surface area contributed by atoms with Crippen molar-refractivity contribution < 1.29 is 9.63 Å². The van der Waals surface area contributed by atoms with Crippen LogP contribution in [-0.4, -0.2) is 21.4 Å². The molecule has 0 radical (unpaired) electrons. The summed E-state index contributed by atoms with van der Waals surface area (Å²) in [5, 5.41) is 13.2. The van der Waals surface area contributed by atoms with Crippen LogP contribution >= 0.6 is 11.8 Å². The molecule has 6 heteroatoms. The van der Waals surface area contributed by atoms with Gasteiger partial charge in [-0.15, -0.1) is 11.8 Å². The van der Waals surface area contributed by atoms with Gasteiger partial charge in [-0.1, -0.05) is 22.9 Å². The second kappa shape index (κ2) is 6.18. The van der Waals surface area contributed by atoms with Crippen LogP contribution in [0.25, 0.3) is 0 Å². The molecule has 0 spiro atoms. The van der Waals surface area contributed by atoms with Gasteiger partial charge in [0.15, 0.2) is 5.82 Å². The van der Waals surface area contributed by atoms with Gasteiger partial charge < -0.3 is 15.4 Å². The minimum Gasteiger partial charge on any atom is -0.391 e. The lowest BCUT2D eigenvalue weighted by Crippen LogP contribution is -2.23. The minimum absolute atomic E-state index is 0.273. The maximum atomic E-state index is 9.36. The molecule has 102 valence electrons. The highest BCUT2D eigenvalue weighted by atomic mass is 32.2. The zero-order valence-corrected chi connectivity index (χ0v) is 11.7. The van der Waals surface area contributed by atoms with Crippen LogP contribution in [0, 0.1) is 6.92 Å². The molecule has 0 fully saturated rings. The van der Waals surface area contributed by atoms with Gasteiger partial charge in [0.1, 0.15) is 6.04 Å². The molecule has 0 amide bonds. The second-order valence-electron chi connectivity index (χ2n) is 4.42. The third kappa shape index (κ3) is 3.79. The average Bonchev–Trinajstić information content (AvgIpc) is 2.86. The van der Waals surface area contributed by atoms with Crippen LogP contribution in [0.4, 0.5) is 0 Å². The number of aliphatic hydroxyl groups is 1. The standard InChI is InChI=1S/C13H17N3O2S/c1-8-3-5-10(6-4-8)19-7-11-15-13(18-16-11)12(14)9(2)17/h3-6,9,12,17H,7,14H2,1-2H3. The molecule has 1 aromatic carbocycles. The molecule has 5 nitrogen and oxygen atoms in total. The van der Waals surface area contributed by atoms with Gasteiger partial charge in [-0.25, -0.2) is 0 Å². The van der Waals surface area contributed by atoms with Crippen molar-refractivity contribution >= 4 is 11.8 Å². The number of benzene rings is 1. The molecular weight excluding hydrogens is 262 g/mol. The van der Waals surface area contributed by atoms with Crippen LogP contribution in [0.15, 0.2) is 33.7 Å². The van der Waals surface area contributed by atoms with Gasteiger partial charge in [-0.2, -0.15) is 4.98 Å². The summed E-state index contributed by atoms with van der Waals surface area (Å²) in [6.45, 7) is 3.65. The number of hydrogen-bond donors (Lipinski definition) is 2. The first-order valence-electron chi connectivity index (χ1n) is 6.02. The Morgan fingerprint density at radius 3 is 2.68 bits per heavy atom. The molecule has 0 aliphatic carbocycles. The molecule has 3 N–H and O–H groups in total. The summed E-state index contributed by atoms with van der Waals surface area (Å²) in [5.74, 6) is 1.46. The highest BCUT2D eigenvalue weighted by Crippen LogP contribution is 2.22. The highest BCUT2D eigenvalue weighted by molar-refractivity contribution is 7.98. The molecule has 2 aromatic rings. The van der Waals surface area contributed by atoms with Crippen molar-refractivity contribution in [3.05, 3.63) is 41.5 Å². The van der Waals surface area contributed by atoms with E-state index in [9.17, 15) is 5.11 Å². The normalized spacial score (nSPS) is 14.3. The molecule has 1 heterocycles. The summed E-state index contributed by atoms with van der Waals surface area (Å²) >= 11 is 1.63. The first-order valence-corrected chi connectivity index (χ1v) is 7.00. The Balaban J connectivity index is 1.95. The number of thioether (sulfide) groups is 1. The monoisotopic (exact) mass is 279 g/mol. The van der Waals surface area contributed by atoms with Crippen molar-refractivity contribution in [2.24, 2.45) is 5.73 Å². The number of rotatable bonds is 5. The van der Waals surface area contributed by atoms with Gasteiger partial charge >= 0.3 is 0 Å². The van der Waals surface area contributed by atoms with Gasteiger partial charge in [0, 0.05) is 4.90 Å². The molecule has 0 aliphatic heterocycles. The number of nitrogens with two attached hydrogens (primary N) is 1. The van der Waals surface area contributed by atoms with E-state index < -0.39 is 12.1 Å². The fourth-order valence-electron chi connectivity index (χ4n) is 1.45. The fraction of sp³-hybridized carbons (Fsp3) is 0.385. The first kappa shape index (κ1) is 14.0. The topological polar surface area (TPSA) is 85.2 Å². The van der Waals surface area contributed by atoms with Gasteiger partial charge in [-0.3, -0.25) is 0 Å². The Bertz CT molecular complexity index is 525. The van der Waals surface area contributed by atoms with E-state index in [4.69, 9.17) is 10.3 Å². The molecule has 2 unspecified atom stereocenters. The van der Waals surface area contributed by atoms with E-state index in [1.54, 1.807) is 18.7 Å². The Hall–Kier alpha value is -1.37. The number of hydrogen-bond acceptors (Lipinski definition) is 6. The molecular formula is C13H17N3O2S. The second-order valence-corrected chi connectivity index (χ2v) is 5.47. The summed E-state index contributed by atoms with van der Waals surface area (Å²) in [7, 11) is 0. The van der Waals surface area contributed by atoms with Crippen molar-refractivity contribution in [3.8, 4) is 0 Å². The summed E-state index contributed by atoms with van der Waals surface area (Å²) in [6, 6.07) is 7.61. The van der Waals surface area contributed by atoms with Crippen molar-refractivity contribution in [1.82, 2.24) is 10.1 Å². The minimum atomic E-state index is -0.710. The van der Waals surface area contributed by atoms with Crippen LogP contribution in [0.3, 0.4) is 0 Å². The SMILES string of the molecule is Cc1ccc(SCc2noc(C(N)C(C)O)n2)cc1. The van der Waals surface area contributed by atoms with E-state index in [1.165, 1.54) is 5.56 Å². The molecule has 0 saturated heterocycles. The number of aryl methyl sites for hydroxylation is 1. The summed E-state index contributed by atoms with van der Waals surface area (Å²) in [6.07, 6.45) is -0.710. The molecule has 2 atom stereocenters. The zero-order chi connectivity index (χ0) is 13.8. The highest BCUT2D eigenvalue weighted by Gasteiger charge is 2.19. The average molecular weight is 279 g/mol. The number of aromatic nitrogens is 2. The molecule has 1 aromatic heterocycles. The van der Waals surface area contributed by atoms with Crippen molar-refractivity contribution in [1.29, 1.82) is 0 Å². The van der Waals surface area contributed by atoms with Crippen LogP contribution < -0.4 is 5.73 Å². The van der Waals surface area contributed by atoms with Crippen molar-refractivity contribution in [3.63, 3.8) is 0 Å². The van der Waals surface area contributed by atoms with E-state index in [0.29, 0.717) is 11.6 Å². The van der Waals surface area contributed by atoms with E-state index in [1.807, 2.05) is 0 Å². The van der Waals surface area contributed by atoms with E-state index in [-0.39, 0.29) is 5.89 Å². The van der Waals surface area contributed by atoms with Crippen LogP contribution in [0.2, 0.25) is 0 Å². The van der Waals surface area contributed by atoms with Crippen LogP contribution in [0.5, 0.6) is 0 Å². The predicted octanol–water partition coefficient (Wildman–Crippen LogP) is 2.05. The van der Waals surface area contributed by atoms with Gasteiger partial charge in [0.05, 0.1) is 11.9 Å². The molecule has 0 saturated carbocycles. The predicted molar refractivity (Wildman–Crippen MR) is 73.6 cm³/mol. The molecule has 0 aliphatic rings. The number of aliphatic hydroxyl groups excluding tert-OH is 1. The lowest BCUT2D eigenvalue weighted by Gasteiger charge is -2.08. The fourth-order valence-corrected chi connectivity index (χ4v) is 2.19. The summed E-state index contributed by atoms with van der Waals surface area (Å²) in [5.41, 5.74) is 6.95. The first-order chi connectivity index (χ1) is 9.06. The maximum absolute atomic E-state index is 9.36.